The fourth-order valence-corrected chi connectivity index (χ4v) is 4.36. The maximum atomic E-state index is 12.7. The molecule has 1 aromatic heterocycles. The molecule has 1 aromatic carbocycles. The number of amides is 1. The Morgan fingerprint density at radius 1 is 1.26 bits per heavy atom. The summed E-state index contributed by atoms with van der Waals surface area (Å²) in [6, 6.07) is 8.06. The number of hydrogen-bond donors (Lipinski definition) is 1. The van der Waals surface area contributed by atoms with Crippen LogP contribution in [0.5, 0.6) is 0 Å². The Labute approximate surface area is 131 Å². The molecule has 2 aromatic rings. The number of benzene rings is 1. The second-order valence-electron chi connectivity index (χ2n) is 3.87. The molecule has 0 fully saturated rings. The number of carbonyl (C=O) groups is 1. The van der Waals surface area contributed by atoms with Crippen LogP contribution in [0.1, 0.15) is 15.9 Å². The van der Waals surface area contributed by atoms with Crippen molar-refractivity contribution in [2.45, 2.75) is 6.42 Å². The molecule has 0 saturated heterocycles. The third kappa shape index (κ3) is 4.12. The molecule has 2 rings (SSSR count). The molecule has 1 amide bonds. The third-order valence-electron chi connectivity index (χ3n) is 2.51. The predicted octanol–water partition coefficient (Wildman–Crippen LogP) is 4.38. The number of hydrogen-bond acceptors (Lipinski definition) is 2. The lowest BCUT2D eigenvalue weighted by Crippen LogP contribution is -2.25. The van der Waals surface area contributed by atoms with Gasteiger partial charge in [-0.1, -0.05) is 12.1 Å². The second-order valence-corrected chi connectivity index (χ2v) is 7.62. The summed E-state index contributed by atoms with van der Waals surface area (Å²) in [5, 5.41) is 2.84. The molecule has 0 radical (unpaired) electrons. The minimum Gasteiger partial charge on any atom is -0.352 e. The van der Waals surface area contributed by atoms with Gasteiger partial charge in [0.15, 0.2) is 0 Å². The molecule has 6 heteroatoms. The highest BCUT2D eigenvalue weighted by Gasteiger charge is 2.12. The van der Waals surface area contributed by atoms with Gasteiger partial charge in [0.05, 0.1) is 13.1 Å². The molecular weight excluding hydrogens is 397 g/mol. The van der Waals surface area contributed by atoms with Crippen LogP contribution in [0.4, 0.5) is 4.39 Å². The van der Waals surface area contributed by atoms with Crippen LogP contribution >= 0.6 is 43.2 Å². The lowest BCUT2D eigenvalue weighted by atomic mass is 10.1. The van der Waals surface area contributed by atoms with E-state index < -0.39 is 0 Å². The van der Waals surface area contributed by atoms with Crippen LogP contribution in [0, 0.1) is 5.82 Å². The Kier molecular flexibility index (Phi) is 5.13. The number of nitrogens with one attached hydrogen (secondary N) is 1. The largest absolute Gasteiger partial charge is 0.352 e. The third-order valence-corrected chi connectivity index (χ3v) is 4.85. The molecule has 100 valence electrons. The fourth-order valence-electron chi connectivity index (χ4n) is 1.56. The maximum absolute atomic E-state index is 12.7. The molecule has 0 unspecified atom stereocenters. The van der Waals surface area contributed by atoms with Gasteiger partial charge in [-0.25, -0.2) is 4.39 Å². The Balaban J connectivity index is 1.87. The average Bonchev–Trinajstić information content (AvgIpc) is 2.71. The molecule has 19 heavy (non-hydrogen) atoms. The zero-order valence-corrected chi connectivity index (χ0v) is 13.7. The first-order chi connectivity index (χ1) is 9.06. The summed E-state index contributed by atoms with van der Waals surface area (Å²) in [5.74, 6) is -0.365. The van der Waals surface area contributed by atoms with Crippen molar-refractivity contribution in [1.29, 1.82) is 0 Å². The van der Waals surface area contributed by atoms with E-state index in [1.165, 1.54) is 23.5 Å². The second kappa shape index (κ2) is 6.63. The minimum atomic E-state index is -0.250. The first kappa shape index (κ1) is 14.7. The molecule has 1 N–H and O–H groups in total. The Hall–Kier alpha value is -0.720. The molecule has 0 aliphatic carbocycles. The van der Waals surface area contributed by atoms with E-state index >= 15 is 0 Å². The highest BCUT2D eigenvalue weighted by atomic mass is 79.9. The van der Waals surface area contributed by atoms with Gasteiger partial charge in [0, 0.05) is 6.54 Å². The predicted molar refractivity (Wildman–Crippen MR) is 82.2 cm³/mol. The van der Waals surface area contributed by atoms with Gasteiger partial charge in [-0.2, -0.15) is 0 Å². The van der Waals surface area contributed by atoms with Gasteiger partial charge in [0.25, 0.3) is 5.91 Å². The van der Waals surface area contributed by atoms with Gasteiger partial charge in [0.1, 0.15) is 5.82 Å². The van der Waals surface area contributed by atoms with E-state index in [0.29, 0.717) is 18.5 Å². The molecule has 0 aliphatic heterocycles. The highest BCUT2D eigenvalue weighted by molar-refractivity contribution is 9.12. The summed E-state index contributed by atoms with van der Waals surface area (Å²) >= 11 is 8.14. The van der Waals surface area contributed by atoms with Gasteiger partial charge < -0.3 is 5.32 Å². The van der Waals surface area contributed by atoms with Crippen molar-refractivity contribution in [2.75, 3.05) is 6.54 Å². The van der Waals surface area contributed by atoms with Gasteiger partial charge in [-0.3, -0.25) is 4.79 Å². The first-order valence-corrected chi connectivity index (χ1v) is 7.94. The van der Waals surface area contributed by atoms with Crippen molar-refractivity contribution in [3.63, 3.8) is 0 Å². The maximum Gasteiger partial charge on any atom is 0.253 e. The molecular formula is C13H10Br2FNOS. The SMILES string of the molecule is O=C(NCCc1ccc(F)cc1)c1cc(Br)sc1Br. The Morgan fingerprint density at radius 2 is 1.95 bits per heavy atom. The topological polar surface area (TPSA) is 29.1 Å². The van der Waals surface area contributed by atoms with Crippen LogP contribution in [-0.4, -0.2) is 12.5 Å². The first-order valence-electron chi connectivity index (χ1n) is 5.54. The van der Waals surface area contributed by atoms with Crippen LogP contribution in [0.2, 0.25) is 0 Å². The van der Waals surface area contributed by atoms with Crippen LogP contribution in [-0.2, 0) is 6.42 Å². The fraction of sp³-hybridized carbons (Fsp3) is 0.154. The zero-order chi connectivity index (χ0) is 13.8. The summed E-state index contributed by atoms with van der Waals surface area (Å²) in [4.78, 5) is 11.9. The summed E-state index contributed by atoms with van der Waals surface area (Å²) in [6.45, 7) is 0.518. The van der Waals surface area contributed by atoms with E-state index in [-0.39, 0.29) is 11.7 Å². The quantitative estimate of drug-likeness (QED) is 0.801. The molecule has 0 saturated carbocycles. The summed E-state index contributed by atoms with van der Waals surface area (Å²) in [6.07, 6.45) is 0.676. The summed E-state index contributed by atoms with van der Waals surface area (Å²) < 4.78 is 14.4. The van der Waals surface area contributed by atoms with E-state index in [1.54, 1.807) is 18.2 Å². The lowest BCUT2D eigenvalue weighted by Gasteiger charge is -2.04. The standard InChI is InChI=1S/C13H10Br2FNOS/c14-11-7-10(12(15)19-11)13(18)17-6-5-8-1-3-9(16)4-2-8/h1-4,7H,5-6H2,(H,17,18). The van der Waals surface area contributed by atoms with Crippen LogP contribution < -0.4 is 5.32 Å². The van der Waals surface area contributed by atoms with E-state index in [0.717, 1.165) is 13.1 Å². The molecule has 0 spiro atoms. The highest BCUT2D eigenvalue weighted by Crippen LogP contribution is 2.31. The minimum absolute atomic E-state index is 0.115. The van der Waals surface area contributed by atoms with E-state index in [2.05, 4.69) is 37.2 Å². The van der Waals surface area contributed by atoms with Gasteiger partial charge in [-0.05, 0) is 62.0 Å². The van der Waals surface area contributed by atoms with Crippen LogP contribution in [0.15, 0.2) is 37.9 Å². The Morgan fingerprint density at radius 3 is 2.53 bits per heavy atom. The van der Waals surface area contributed by atoms with Gasteiger partial charge in [-0.15, -0.1) is 11.3 Å². The molecule has 0 bridgehead atoms. The molecule has 1 heterocycles. The number of carbonyl (C=O) groups excluding carboxylic acids is 1. The van der Waals surface area contributed by atoms with Crippen molar-refractivity contribution in [1.82, 2.24) is 5.32 Å². The van der Waals surface area contributed by atoms with Crippen molar-refractivity contribution < 1.29 is 9.18 Å². The molecule has 2 nitrogen and oxygen atoms in total. The number of halogens is 3. The zero-order valence-electron chi connectivity index (χ0n) is 9.75. The molecule has 0 atom stereocenters. The van der Waals surface area contributed by atoms with Crippen molar-refractivity contribution in [2.24, 2.45) is 0 Å². The van der Waals surface area contributed by atoms with E-state index in [1.807, 2.05) is 0 Å². The average molecular weight is 407 g/mol. The van der Waals surface area contributed by atoms with Crippen LogP contribution in [0.25, 0.3) is 0 Å². The van der Waals surface area contributed by atoms with Crippen molar-refractivity contribution in [3.05, 3.63) is 54.8 Å². The molecule has 0 aliphatic rings. The van der Waals surface area contributed by atoms with Crippen molar-refractivity contribution >= 4 is 49.1 Å². The number of thiophene rings is 1. The van der Waals surface area contributed by atoms with Gasteiger partial charge in [0.2, 0.25) is 0 Å². The lowest BCUT2D eigenvalue weighted by molar-refractivity contribution is 0.0954. The van der Waals surface area contributed by atoms with Gasteiger partial charge >= 0.3 is 0 Å². The van der Waals surface area contributed by atoms with Crippen LogP contribution in [0.3, 0.4) is 0 Å². The number of rotatable bonds is 4. The monoisotopic (exact) mass is 405 g/mol. The summed E-state index contributed by atoms with van der Waals surface area (Å²) in [5.41, 5.74) is 1.61. The normalized spacial score (nSPS) is 10.5. The van der Waals surface area contributed by atoms with E-state index in [9.17, 15) is 9.18 Å². The Bertz CT molecular complexity index is 583. The summed E-state index contributed by atoms with van der Waals surface area (Å²) in [7, 11) is 0. The van der Waals surface area contributed by atoms with Crippen molar-refractivity contribution in [3.8, 4) is 0 Å². The van der Waals surface area contributed by atoms with E-state index in [4.69, 9.17) is 0 Å². The smallest absolute Gasteiger partial charge is 0.253 e.